The molecular formula is C20H25F3N4O2S. The van der Waals surface area contributed by atoms with Crippen LogP contribution in [0.2, 0.25) is 0 Å². The fourth-order valence-electron chi connectivity index (χ4n) is 2.61. The van der Waals surface area contributed by atoms with Crippen LogP contribution in [0.25, 0.3) is 0 Å². The number of hydrogen-bond acceptors (Lipinski definition) is 5. The number of halogens is 3. The van der Waals surface area contributed by atoms with E-state index >= 15 is 0 Å². The van der Waals surface area contributed by atoms with E-state index in [-0.39, 0.29) is 4.90 Å². The van der Waals surface area contributed by atoms with Crippen LogP contribution in [0, 0.1) is 5.92 Å². The normalized spacial score (nSPS) is 12.8. The Morgan fingerprint density at radius 2 is 1.83 bits per heavy atom. The summed E-state index contributed by atoms with van der Waals surface area (Å²) in [4.78, 5) is -0.235. The zero-order valence-electron chi connectivity index (χ0n) is 16.6. The van der Waals surface area contributed by atoms with Crippen molar-refractivity contribution in [2.45, 2.75) is 37.8 Å². The minimum Gasteiger partial charge on any atom is -0.401 e. The number of hydrogen-bond donors (Lipinski definition) is 3. The summed E-state index contributed by atoms with van der Waals surface area (Å²) in [6.45, 7) is 4.12. The van der Waals surface area contributed by atoms with Crippen LogP contribution in [0.15, 0.2) is 65.3 Å². The van der Waals surface area contributed by atoms with E-state index in [0.29, 0.717) is 23.7 Å². The van der Waals surface area contributed by atoms with E-state index < -0.39 is 27.5 Å². The van der Waals surface area contributed by atoms with Gasteiger partial charge < -0.3 is 5.73 Å². The SMILES string of the molecule is CC(C)CC/C(N)=C/N(N)c1cccc(S(=O)(=O)Nc2ccccc2C(F)(F)F)c1. The van der Waals surface area contributed by atoms with Crippen molar-refractivity contribution in [3.63, 3.8) is 0 Å². The van der Waals surface area contributed by atoms with Gasteiger partial charge >= 0.3 is 6.18 Å². The van der Waals surface area contributed by atoms with Gasteiger partial charge in [0.2, 0.25) is 0 Å². The molecule has 0 spiro atoms. The van der Waals surface area contributed by atoms with Crippen molar-refractivity contribution in [3.05, 3.63) is 66.0 Å². The molecule has 2 rings (SSSR count). The minimum atomic E-state index is -4.70. The fourth-order valence-corrected chi connectivity index (χ4v) is 3.73. The number of rotatable bonds is 8. The molecule has 0 radical (unpaired) electrons. The lowest BCUT2D eigenvalue weighted by molar-refractivity contribution is -0.136. The maximum Gasteiger partial charge on any atom is 0.418 e. The van der Waals surface area contributed by atoms with Crippen molar-refractivity contribution in [2.75, 3.05) is 9.73 Å². The predicted molar refractivity (Wildman–Crippen MR) is 112 cm³/mol. The van der Waals surface area contributed by atoms with Crippen molar-refractivity contribution in [2.24, 2.45) is 17.5 Å². The van der Waals surface area contributed by atoms with Gasteiger partial charge in [-0.05, 0) is 49.1 Å². The van der Waals surface area contributed by atoms with E-state index in [1.807, 2.05) is 4.72 Å². The lowest BCUT2D eigenvalue weighted by Gasteiger charge is -2.18. The molecule has 10 heteroatoms. The Labute approximate surface area is 174 Å². The summed E-state index contributed by atoms with van der Waals surface area (Å²) in [5.41, 5.74) is 5.15. The van der Waals surface area contributed by atoms with Gasteiger partial charge in [-0.3, -0.25) is 9.73 Å². The molecule has 164 valence electrons. The summed E-state index contributed by atoms with van der Waals surface area (Å²) < 4.78 is 66.8. The predicted octanol–water partition coefficient (Wildman–Crippen LogP) is 4.42. The molecule has 0 aliphatic carbocycles. The molecule has 0 unspecified atom stereocenters. The van der Waals surface area contributed by atoms with E-state index in [1.54, 1.807) is 6.07 Å². The molecule has 2 aromatic rings. The lowest BCUT2D eigenvalue weighted by atomic mass is 10.1. The van der Waals surface area contributed by atoms with Crippen LogP contribution in [0.1, 0.15) is 32.3 Å². The third-order valence-electron chi connectivity index (χ3n) is 4.22. The Balaban J connectivity index is 2.28. The fraction of sp³-hybridized carbons (Fsp3) is 0.300. The number of nitrogens with two attached hydrogens (primary N) is 2. The van der Waals surface area contributed by atoms with Crippen LogP contribution in [0.4, 0.5) is 24.5 Å². The molecule has 0 fully saturated rings. The monoisotopic (exact) mass is 442 g/mol. The van der Waals surface area contributed by atoms with Crippen LogP contribution in [0.5, 0.6) is 0 Å². The second-order valence-corrected chi connectivity index (χ2v) is 8.87. The Bertz CT molecular complexity index is 1010. The highest BCUT2D eigenvalue weighted by Gasteiger charge is 2.34. The average Bonchev–Trinajstić information content (AvgIpc) is 2.65. The maximum atomic E-state index is 13.2. The summed E-state index contributed by atoms with van der Waals surface area (Å²) in [5, 5.41) is 1.18. The molecule has 0 aromatic heterocycles. The molecule has 0 amide bonds. The molecule has 30 heavy (non-hydrogen) atoms. The van der Waals surface area contributed by atoms with Crippen molar-refractivity contribution < 1.29 is 21.6 Å². The Morgan fingerprint density at radius 3 is 2.47 bits per heavy atom. The number of para-hydroxylation sites is 1. The topological polar surface area (TPSA) is 101 Å². The first-order valence-electron chi connectivity index (χ1n) is 9.19. The van der Waals surface area contributed by atoms with Gasteiger partial charge in [-0.1, -0.05) is 32.0 Å². The highest BCUT2D eigenvalue weighted by Crippen LogP contribution is 2.35. The lowest BCUT2D eigenvalue weighted by Crippen LogP contribution is -2.26. The number of nitrogens with zero attached hydrogens (tertiary/aromatic N) is 1. The van der Waals surface area contributed by atoms with Crippen molar-refractivity contribution in [1.82, 2.24) is 0 Å². The van der Waals surface area contributed by atoms with Gasteiger partial charge in [-0.15, -0.1) is 0 Å². The van der Waals surface area contributed by atoms with Crippen molar-refractivity contribution in [3.8, 4) is 0 Å². The first-order chi connectivity index (χ1) is 13.9. The third kappa shape index (κ3) is 6.39. The van der Waals surface area contributed by atoms with Gasteiger partial charge in [0, 0.05) is 11.9 Å². The van der Waals surface area contributed by atoms with Crippen LogP contribution in [0.3, 0.4) is 0 Å². The summed E-state index contributed by atoms with van der Waals surface area (Å²) in [6.07, 6.45) is -1.72. The number of hydrazine groups is 1. The Kier molecular flexibility index (Phi) is 7.38. The number of alkyl halides is 3. The quantitative estimate of drug-likeness (QED) is 0.415. The van der Waals surface area contributed by atoms with Crippen LogP contribution in [-0.2, 0) is 16.2 Å². The smallest absolute Gasteiger partial charge is 0.401 e. The van der Waals surface area contributed by atoms with E-state index in [1.165, 1.54) is 41.5 Å². The van der Waals surface area contributed by atoms with E-state index in [9.17, 15) is 21.6 Å². The standard InChI is InChI=1S/C20H25F3N4O2S/c1-14(2)10-11-15(24)13-27(25)16-6-5-7-17(12-16)30(28,29)26-19-9-4-3-8-18(19)20(21,22)23/h3-9,12-14,26H,10-11,24-25H2,1-2H3/b15-13-. The molecule has 0 saturated carbocycles. The van der Waals surface area contributed by atoms with Crippen molar-refractivity contribution in [1.29, 1.82) is 0 Å². The molecule has 0 atom stereocenters. The Morgan fingerprint density at radius 1 is 1.17 bits per heavy atom. The molecule has 5 N–H and O–H groups in total. The molecule has 0 heterocycles. The van der Waals surface area contributed by atoms with E-state index in [0.717, 1.165) is 18.6 Å². The largest absolute Gasteiger partial charge is 0.418 e. The van der Waals surface area contributed by atoms with E-state index in [2.05, 4.69) is 13.8 Å². The number of benzene rings is 2. The van der Waals surface area contributed by atoms with Crippen molar-refractivity contribution >= 4 is 21.4 Å². The van der Waals surface area contributed by atoms with Gasteiger partial charge in [0.25, 0.3) is 10.0 Å². The minimum absolute atomic E-state index is 0.235. The van der Waals surface area contributed by atoms with Crippen LogP contribution >= 0.6 is 0 Å². The number of nitrogens with one attached hydrogen (secondary N) is 1. The molecule has 0 saturated heterocycles. The second kappa shape index (κ2) is 9.40. The van der Waals surface area contributed by atoms with Gasteiger partial charge in [0.15, 0.2) is 0 Å². The van der Waals surface area contributed by atoms with Gasteiger partial charge in [-0.25, -0.2) is 14.3 Å². The molecule has 0 bridgehead atoms. The zero-order chi connectivity index (χ0) is 22.5. The first-order valence-corrected chi connectivity index (χ1v) is 10.7. The summed E-state index contributed by atoms with van der Waals surface area (Å²) >= 11 is 0. The number of allylic oxidation sites excluding steroid dienone is 1. The summed E-state index contributed by atoms with van der Waals surface area (Å²) in [5.74, 6) is 6.42. The highest BCUT2D eigenvalue weighted by atomic mass is 32.2. The maximum absolute atomic E-state index is 13.2. The summed E-state index contributed by atoms with van der Waals surface area (Å²) in [7, 11) is -4.29. The third-order valence-corrected chi connectivity index (χ3v) is 5.58. The number of anilines is 2. The van der Waals surface area contributed by atoms with Gasteiger partial charge in [0.05, 0.1) is 21.8 Å². The molecule has 6 nitrogen and oxygen atoms in total. The van der Waals surface area contributed by atoms with Gasteiger partial charge in [0.1, 0.15) is 0 Å². The highest BCUT2D eigenvalue weighted by molar-refractivity contribution is 7.92. The molecular weight excluding hydrogens is 417 g/mol. The molecule has 2 aromatic carbocycles. The Hall–Kier alpha value is -2.72. The second-order valence-electron chi connectivity index (χ2n) is 7.19. The summed E-state index contributed by atoms with van der Waals surface area (Å²) in [6, 6.07) is 9.89. The average molecular weight is 443 g/mol. The molecule has 0 aliphatic heterocycles. The van der Waals surface area contributed by atoms with Gasteiger partial charge in [-0.2, -0.15) is 13.2 Å². The van der Waals surface area contributed by atoms with Crippen LogP contribution in [-0.4, -0.2) is 8.42 Å². The number of sulfonamides is 1. The zero-order valence-corrected chi connectivity index (χ0v) is 17.5. The first kappa shape index (κ1) is 23.6. The van der Waals surface area contributed by atoms with E-state index in [4.69, 9.17) is 11.6 Å². The molecule has 0 aliphatic rings. The van der Waals surface area contributed by atoms with Crippen LogP contribution < -0.4 is 21.3 Å².